The number of hydrogen-bond donors (Lipinski definition) is 2. The predicted octanol–water partition coefficient (Wildman–Crippen LogP) is 4.33. The van der Waals surface area contributed by atoms with Crippen molar-refractivity contribution in [3.8, 4) is 11.5 Å². The van der Waals surface area contributed by atoms with Crippen LogP contribution in [0.5, 0.6) is 11.5 Å². The van der Waals surface area contributed by atoms with Crippen molar-refractivity contribution in [3.63, 3.8) is 0 Å². The molecule has 0 radical (unpaired) electrons. The minimum absolute atomic E-state index is 0.0197. The molecule has 1 atom stereocenters. The van der Waals surface area contributed by atoms with Gasteiger partial charge in [-0.05, 0) is 41.5 Å². The number of aliphatic hydroxyl groups is 1. The molecule has 0 spiro atoms. The van der Waals surface area contributed by atoms with Crippen LogP contribution in [0.4, 0.5) is 13.2 Å². The molecule has 0 fully saturated rings. The Morgan fingerprint density at radius 1 is 1.03 bits per heavy atom. The molecule has 33 heavy (non-hydrogen) atoms. The maximum absolute atomic E-state index is 12.3. The van der Waals surface area contributed by atoms with E-state index >= 15 is 0 Å². The smallest absolute Gasteiger partial charge is 0.497 e. The number of rotatable bonds is 9. The Morgan fingerprint density at radius 2 is 1.70 bits per heavy atom. The molecule has 0 saturated heterocycles. The number of H-pyrrole nitrogens is 1. The van der Waals surface area contributed by atoms with Crippen molar-refractivity contribution in [2.24, 2.45) is 5.16 Å². The summed E-state index contributed by atoms with van der Waals surface area (Å²) in [7, 11) is 1.56. The van der Waals surface area contributed by atoms with E-state index in [-0.39, 0.29) is 18.6 Å². The van der Waals surface area contributed by atoms with Crippen molar-refractivity contribution in [2.75, 3.05) is 7.11 Å². The van der Waals surface area contributed by atoms with Crippen molar-refractivity contribution in [1.82, 2.24) is 4.98 Å². The van der Waals surface area contributed by atoms with Crippen molar-refractivity contribution < 1.29 is 32.6 Å². The Morgan fingerprint density at radius 3 is 2.27 bits per heavy atom. The molecule has 3 rings (SSSR count). The van der Waals surface area contributed by atoms with E-state index in [9.17, 15) is 23.1 Å². The van der Waals surface area contributed by atoms with Gasteiger partial charge in [-0.25, -0.2) is 0 Å². The van der Waals surface area contributed by atoms with E-state index in [2.05, 4.69) is 14.9 Å². The molecule has 0 aliphatic heterocycles. The molecule has 2 N–H and O–H groups in total. The van der Waals surface area contributed by atoms with Gasteiger partial charge >= 0.3 is 6.36 Å². The van der Waals surface area contributed by atoms with E-state index in [0.29, 0.717) is 22.6 Å². The summed E-state index contributed by atoms with van der Waals surface area (Å²) >= 11 is 0. The molecule has 174 valence electrons. The topological polar surface area (TPSA) is 93.1 Å². The Labute approximate surface area is 187 Å². The van der Waals surface area contributed by atoms with Crippen LogP contribution >= 0.6 is 0 Å². The van der Waals surface area contributed by atoms with E-state index < -0.39 is 18.2 Å². The molecule has 1 aromatic heterocycles. The van der Waals surface area contributed by atoms with Crippen LogP contribution in [0, 0.1) is 0 Å². The standard InChI is InChI=1S/C23H21F3N2O5/c1-31-18-7-2-15(3-8-18)14-32-28-20(17-6-11-22(30)27-13-17)12-21(29)16-4-9-19(10-5-16)33-23(24,25)26/h2-11,13,21,29H,12,14H2,1H3,(H,27,30). The number of alkyl halides is 3. The maximum atomic E-state index is 12.3. The normalized spacial score (nSPS) is 12.8. The van der Waals surface area contributed by atoms with Crippen LogP contribution in [0.15, 0.2) is 76.8 Å². The van der Waals surface area contributed by atoms with E-state index in [0.717, 1.165) is 17.7 Å². The molecule has 1 heterocycles. The molecule has 10 heteroatoms. The number of ether oxygens (including phenoxy) is 2. The van der Waals surface area contributed by atoms with Crippen molar-refractivity contribution in [1.29, 1.82) is 0 Å². The SMILES string of the molecule is COc1ccc(CON=C(CC(O)c2ccc(OC(F)(F)F)cc2)c2ccc(=O)[nH]c2)cc1. The van der Waals surface area contributed by atoms with Crippen LogP contribution in [0.2, 0.25) is 0 Å². The average molecular weight is 462 g/mol. The zero-order chi connectivity index (χ0) is 23.8. The van der Waals surface area contributed by atoms with Gasteiger partial charge in [0.2, 0.25) is 5.56 Å². The van der Waals surface area contributed by atoms with Gasteiger partial charge in [0.25, 0.3) is 0 Å². The van der Waals surface area contributed by atoms with Crippen molar-refractivity contribution >= 4 is 5.71 Å². The summed E-state index contributed by atoms with van der Waals surface area (Å²) in [6.45, 7) is 0.149. The number of hydrogen-bond acceptors (Lipinski definition) is 6. The highest BCUT2D eigenvalue weighted by molar-refractivity contribution is 6.00. The lowest BCUT2D eigenvalue weighted by molar-refractivity contribution is -0.274. The highest BCUT2D eigenvalue weighted by Gasteiger charge is 2.31. The van der Waals surface area contributed by atoms with Crippen LogP contribution in [0.3, 0.4) is 0 Å². The zero-order valence-electron chi connectivity index (χ0n) is 17.5. The fraction of sp³-hybridized carbons (Fsp3) is 0.217. The summed E-state index contributed by atoms with van der Waals surface area (Å²) in [5.74, 6) is 0.307. The van der Waals surface area contributed by atoms with E-state index in [4.69, 9.17) is 9.57 Å². The largest absolute Gasteiger partial charge is 0.573 e. The number of benzene rings is 2. The third-order valence-electron chi connectivity index (χ3n) is 4.57. The van der Waals surface area contributed by atoms with Gasteiger partial charge in [-0.3, -0.25) is 4.79 Å². The lowest BCUT2D eigenvalue weighted by Crippen LogP contribution is -2.17. The molecule has 7 nitrogen and oxygen atoms in total. The number of methoxy groups -OCH3 is 1. The monoisotopic (exact) mass is 462 g/mol. The fourth-order valence-corrected chi connectivity index (χ4v) is 2.90. The van der Waals surface area contributed by atoms with Crippen LogP contribution < -0.4 is 15.0 Å². The van der Waals surface area contributed by atoms with E-state index in [1.807, 2.05) is 12.1 Å². The molecule has 0 aliphatic carbocycles. The summed E-state index contributed by atoms with van der Waals surface area (Å²) in [6, 6.07) is 14.9. The lowest BCUT2D eigenvalue weighted by Gasteiger charge is -2.14. The Kier molecular flexibility index (Phi) is 7.73. The number of aliphatic hydroxyl groups excluding tert-OH is 1. The van der Waals surface area contributed by atoms with Crippen LogP contribution in [0.25, 0.3) is 0 Å². The highest BCUT2D eigenvalue weighted by atomic mass is 19.4. The number of pyridine rings is 1. The average Bonchev–Trinajstić information content (AvgIpc) is 2.79. The first kappa shape index (κ1) is 23.9. The molecule has 0 saturated carbocycles. The van der Waals surface area contributed by atoms with Crippen molar-refractivity contribution in [3.05, 3.63) is 93.9 Å². The van der Waals surface area contributed by atoms with Gasteiger partial charge in [-0.1, -0.05) is 29.4 Å². The highest BCUT2D eigenvalue weighted by Crippen LogP contribution is 2.26. The summed E-state index contributed by atoms with van der Waals surface area (Å²) in [4.78, 5) is 19.4. The van der Waals surface area contributed by atoms with Crippen molar-refractivity contribution in [2.45, 2.75) is 25.5 Å². The first-order valence-corrected chi connectivity index (χ1v) is 9.78. The van der Waals surface area contributed by atoms with Crippen LogP contribution in [-0.4, -0.2) is 29.3 Å². The molecular formula is C23H21F3N2O5. The van der Waals surface area contributed by atoms with Crippen LogP contribution in [-0.2, 0) is 11.4 Å². The molecular weight excluding hydrogens is 441 g/mol. The minimum atomic E-state index is -4.80. The number of nitrogens with one attached hydrogen (secondary N) is 1. The molecule has 3 aromatic rings. The summed E-state index contributed by atoms with van der Waals surface area (Å²) in [5, 5.41) is 14.7. The third-order valence-corrected chi connectivity index (χ3v) is 4.57. The number of aromatic nitrogens is 1. The second-order valence-electron chi connectivity index (χ2n) is 6.94. The number of nitrogens with zero attached hydrogens (tertiary/aromatic N) is 1. The first-order valence-electron chi connectivity index (χ1n) is 9.78. The summed E-state index contributed by atoms with van der Waals surface area (Å²) < 4.78 is 46.0. The van der Waals surface area contributed by atoms with E-state index in [1.54, 1.807) is 19.2 Å². The summed E-state index contributed by atoms with van der Waals surface area (Å²) in [6.07, 6.45) is -4.48. The van der Waals surface area contributed by atoms with Gasteiger partial charge in [-0.2, -0.15) is 0 Å². The molecule has 0 aliphatic rings. The van der Waals surface area contributed by atoms with Gasteiger partial charge in [-0.15, -0.1) is 13.2 Å². The minimum Gasteiger partial charge on any atom is -0.497 e. The predicted molar refractivity (Wildman–Crippen MR) is 114 cm³/mol. The van der Waals surface area contributed by atoms with Crippen LogP contribution in [0.1, 0.15) is 29.2 Å². The number of halogens is 3. The van der Waals surface area contributed by atoms with Gasteiger partial charge in [0.1, 0.15) is 18.1 Å². The van der Waals surface area contributed by atoms with E-state index in [1.165, 1.54) is 30.5 Å². The molecule has 1 unspecified atom stereocenters. The van der Waals surface area contributed by atoms with Gasteiger partial charge in [0.15, 0.2) is 0 Å². The third kappa shape index (κ3) is 7.39. The molecule has 0 amide bonds. The lowest BCUT2D eigenvalue weighted by atomic mass is 10.0. The molecule has 2 aromatic carbocycles. The van der Waals surface area contributed by atoms with Gasteiger partial charge in [0.05, 0.1) is 18.9 Å². The maximum Gasteiger partial charge on any atom is 0.573 e. The first-order chi connectivity index (χ1) is 15.7. The Bertz CT molecular complexity index is 1110. The summed E-state index contributed by atoms with van der Waals surface area (Å²) in [5.41, 5.74) is 1.74. The number of aromatic amines is 1. The second kappa shape index (κ2) is 10.7. The quantitative estimate of drug-likeness (QED) is 0.365. The Hall–Kier alpha value is -3.79. The second-order valence-corrected chi connectivity index (χ2v) is 6.94. The zero-order valence-corrected chi connectivity index (χ0v) is 17.5. The number of oxime groups is 1. The fourth-order valence-electron chi connectivity index (χ4n) is 2.90. The Balaban J connectivity index is 1.73. The molecule has 0 bridgehead atoms. The van der Waals surface area contributed by atoms with Gasteiger partial charge in [0, 0.05) is 24.2 Å². The van der Waals surface area contributed by atoms with Gasteiger partial charge < -0.3 is 24.4 Å².